The highest BCUT2D eigenvalue weighted by molar-refractivity contribution is 5.89. The smallest absolute Gasteiger partial charge is 0.319 e. The minimum Gasteiger partial charge on any atom is -0.337 e. The summed E-state index contributed by atoms with van der Waals surface area (Å²) in [5.41, 5.74) is 2.98. The normalized spacial score (nSPS) is 10.1. The summed E-state index contributed by atoms with van der Waals surface area (Å²) in [7, 11) is 0. The molecule has 0 unspecified atom stereocenters. The number of amides is 3. The number of aryl methyl sites for hydroxylation is 1. The molecule has 2 N–H and O–H groups in total. The zero-order chi connectivity index (χ0) is 17.4. The summed E-state index contributed by atoms with van der Waals surface area (Å²) in [6, 6.07) is 17.0. The van der Waals surface area contributed by atoms with Crippen molar-refractivity contribution >= 4 is 17.6 Å². The molecule has 0 radical (unpaired) electrons. The Bertz CT molecular complexity index is 686. The summed E-state index contributed by atoms with van der Waals surface area (Å²) >= 11 is 0. The number of benzene rings is 2. The zero-order valence-corrected chi connectivity index (χ0v) is 14.1. The van der Waals surface area contributed by atoms with Crippen molar-refractivity contribution in [3.63, 3.8) is 0 Å². The molecule has 0 aliphatic heterocycles. The molecule has 0 spiro atoms. The van der Waals surface area contributed by atoms with Gasteiger partial charge < -0.3 is 15.5 Å². The molecule has 0 atom stereocenters. The number of nitrogens with zero attached hydrogens (tertiary/aromatic N) is 1. The van der Waals surface area contributed by atoms with Crippen LogP contribution >= 0.6 is 0 Å². The number of nitrogens with one attached hydrogen (secondary N) is 2. The van der Waals surface area contributed by atoms with Crippen LogP contribution in [0.15, 0.2) is 54.6 Å². The highest BCUT2D eigenvalue weighted by atomic mass is 16.2. The molecule has 24 heavy (non-hydrogen) atoms. The fourth-order valence-corrected chi connectivity index (χ4v) is 2.38. The second-order valence-corrected chi connectivity index (χ2v) is 5.68. The number of carbonyl (C=O) groups is 2. The largest absolute Gasteiger partial charge is 0.337 e. The van der Waals surface area contributed by atoms with Crippen LogP contribution in [0.25, 0.3) is 0 Å². The first-order valence-corrected chi connectivity index (χ1v) is 7.95. The van der Waals surface area contributed by atoms with Gasteiger partial charge in [-0.05, 0) is 24.6 Å². The van der Waals surface area contributed by atoms with Gasteiger partial charge in [0, 0.05) is 32.2 Å². The molecule has 0 heterocycles. The molecule has 0 bridgehead atoms. The number of carbonyl (C=O) groups excluding carboxylic acids is 2. The molecule has 3 amide bonds. The van der Waals surface area contributed by atoms with Crippen molar-refractivity contribution in [2.75, 3.05) is 18.4 Å². The predicted molar refractivity (Wildman–Crippen MR) is 95.7 cm³/mol. The maximum absolute atomic E-state index is 11.8. The van der Waals surface area contributed by atoms with Gasteiger partial charge in [-0.2, -0.15) is 0 Å². The standard InChI is InChI=1S/C19H23N3O2/c1-15-7-6-8-17(13-15)14-22(16(2)23)12-11-20-19(24)21-18-9-4-3-5-10-18/h3-10,13H,11-12,14H2,1-2H3,(H2,20,21,24). The lowest BCUT2D eigenvalue weighted by Gasteiger charge is -2.21. The lowest BCUT2D eigenvalue weighted by atomic mass is 10.1. The van der Waals surface area contributed by atoms with Crippen LogP contribution in [0.3, 0.4) is 0 Å². The van der Waals surface area contributed by atoms with Gasteiger partial charge in [0.25, 0.3) is 0 Å². The Morgan fingerprint density at radius 1 is 1.04 bits per heavy atom. The van der Waals surface area contributed by atoms with Crippen molar-refractivity contribution in [2.24, 2.45) is 0 Å². The van der Waals surface area contributed by atoms with E-state index >= 15 is 0 Å². The molecule has 5 nitrogen and oxygen atoms in total. The molecule has 2 rings (SSSR count). The molecule has 0 saturated heterocycles. The Morgan fingerprint density at radius 3 is 2.46 bits per heavy atom. The van der Waals surface area contributed by atoms with Gasteiger partial charge in [0.05, 0.1) is 0 Å². The Balaban J connectivity index is 1.81. The average molecular weight is 325 g/mol. The Labute approximate surface area is 142 Å². The van der Waals surface area contributed by atoms with Crippen molar-refractivity contribution in [3.8, 4) is 0 Å². The zero-order valence-electron chi connectivity index (χ0n) is 14.1. The summed E-state index contributed by atoms with van der Waals surface area (Å²) in [4.78, 5) is 25.4. The molecule has 0 saturated carbocycles. The van der Waals surface area contributed by atoms with Crippen LogP contribution in [0.5, 0.6) is 0 Å². The number of anilines is 1. The van der Waals surface area contributed by atoms with Gasteiger partial charge in [-0.3, -0.25) is 4.79 Å². The molecular formula is C19H23N3O2. The van der Waals surface area contributed by atoms with Gasteiger partial charge in [0.15, 0.2) is 0 Å². The number of hydrogen-bond acceptors (Lipinski definition) is 2. The van der Waals surface area contributed by atoms with E-state index in [-0.39, 0.29) is 11.9 Å². The number of urea groups is 1. The third-order valence-corrected chi connectivity index (χ3v) is 3.60. The molecule has 0 aliphatic rings. The maximum Gasteiger partial charge on any atom is 0.319 e. The predicted octanol–water partition coefficient (Wildman–Crippen LogP) is 3.17. The molecule has 126 valence electrons. The van der Waals surface area contributed by atoms with Crippen molar-refractivity contribution in [2.45, 2.75) is 20.4 Å². The molecule has 2 aromatic carbocycles. The van der Waals surface area contributed by atoms with Crippen LogP contribution in [0.2, 0.25) is 0 Å². The Kier molecular flexibility index (Phi) is 6.37. The van der Waals surface area contributed by atoms with Crippen molar-refractivity contribution in [3.05, 3.63) is 65.7 Å². The van der Waals surface area contributed by atoms with Crippen LogP contribution in [0, 0.1) is 6.92 Å². The van der Waals surface area contributed by atoms with Crippen LogP contribution in [0.4, 0.5) is 10.5 Å². The number of rotatable bonds is 6. The first kappa shape index (κ1) is 17.5. The van der Waals surface area contributed by atoms with E-state index in [1.807, 2.05) is 55.5 Å². The molecule has 5 heteroatoms. The first-order valence-electron chi connectivity index (χ1n) is 7.95. The fraction of sp³-hybridized carbons (Fsp3) is 0.263. The minimum atomic E-state index is -0.278. The quantitative estimate of drug-likeness (QED) is 0.857. The molecular weight excluding hydrogens is 302 g/mol. The molecule has 0 aliphatic carbocycles. The average Bonchev–Trinajstić information content (AvgIpc) is 2.55. The third-order valence-electron chi connectivity index (χ3n) is 3.60. The van der Waals surface area contributed by atoms with Gasteiger partial charge >= 0.3 is 6.03 Å². The van der Waals surface area contributed by atoms with E-state index in [1.165, 1.54) is 0 Å². The topological polar surface area (TPSA) is 61.4 Å². The minimum absolute atomic E-state index is 0.0122. The van der Waals surface area contributed by atoms with E-state index in [1.54, 1.807) is 11.8 Å². The molecule has 0 aromatic heterocycles. The maximum atomic E-state index is 11.8. The van der Waals surface area contributed by atoms with Crippen molar-refractivity contribution in [1.29, 1.82) is 0 Å². The van der Waals surface area contributed by atoms with Gasteiger partial charge in [-0.15, -0.1) is 0 Å². The SMILES string of the molecule is CC(=O)N(CCNC(=O)Nc1ccccc1)Cc1cccc(C)c1. The van der Waals surface area contributed by atoms with E-state index in [0.29, 0.717) is 19.6 Å². The summed E-state index contributed by atoms with van der Waals surface area (Å²) in [6.07, 6.45) is 0. The van der Waals surface area contributed by atoms with Gasteiger partial charge in [0.2, 0.25) is 5.91 Å². The molecule has 2 aromatic rings. The Morgan fingerprint density at radius 2 is 1.79 bits per heavy atom. The van der Waals surface area contributed by atoms with Crippen LogP contribution < -0.4 is 10.6 Å². The van der Waals surface area contributed by atoms with Crippen LogP contribution in [-0.2, 0) is 11.3 Å². The summed E-state index contributed by atoms with van der Waals surface area (Å²) in [5, 5.41) is 5.52. The highest BCUT2D eigenvalue weighted by Gasteiger charge is 2.10. The van der Waals surface area contributed by atoms with Gasteiger partial charge in [0.1, 0.15) is 0 Å². The highest BCUT2D eigenvalue weighted by Crippen LogP contribution is 2.08. The van der Waals surface area contributed by atoms with E-state index < -0.39 is 0 Å². The van der Waals surface area contributed by atoms with Gasteiger partial charge in [-0.25, -0.2) is 4.79 Å². The summed E-state index contributed by atoms with van der Waals surface area (Å²) < 4.78 is 0. The van der Waals surface area contributed by atoms with Crippen molar-refractivity contribution < 1.29 is 9.59 Å². The summed E-state index contributed by atoms with van der Waals surface area (Å²) in [6.45, 7) is 4.96. The first-order chi connectivity index (χ1) is 11.5. The third kappa shape index (κ3) is 5.76. The van der Waals surface area contributed by atoms with E-state index in [9.17, 15) is 9.59 Å². The van der Waals surface area contributed by atoms with E-state index in [0.717, 1.165) is 16.8 Å². The Hall–Kier alpha value is -2.82. The lowest BCUT2D eigenvalue weighted by molar-refractivity contribution is -0.129. The fourth-order valence-electron chi connectivity index (χ4n) is 2.38. The van der Waals surface area contributed by atoms with E-state index in [4.69, 9.17) is 0 Å². The summed E-state index contributed by atoms with van der Waals surface area (Å²) in [5.74, 6) is -0.0122. The van der Waals surface area contributed by atoms with Gasteiger partial charge in [-0.1, -0.05) is 48.0 Å². The second kappa shape index (κ2) is 8.72. The van der Waals surface area contributed by atoms with Crippen LogP contribution in [-0.4, -0.2) is 29.9 Å². The van der Waals surface area contributed by atoms with E-state index in [2.05, 4.69) is 16.7 Å². The molecule has 0 fully saturated rings. The number of hydrogen-bond donors (Lipinski definition) is 2. The van der Waals surface area contributed by atoms with Crippen LogP contribution in [0.1, 0.15) is 18.1 Å². The second-order valence-electron chi connectivity index (χ2n) is 5.68. The number of para-hydroxylation sites is 1. The van der Waals surface area contributed by atoms with Crippen molar-refractivity contribution in [1.82, 2.24) is 10.2 Å². The monoisotopic (exact) mass is 325 g/mol. The lowest BCUT2D eigenvalue weighted by Crippen LogP contribution is -2.38.